The van der Waals surface area contributed by atoms with E-state index in [0.717, 1.165) is 43.2 Å². The number of ether oxygens (including phenoxy) is 1. The summed E-state index contributed by atoms with van der Waals surface area (Å²) in [7, 11) is 0. The minimum Gasteiger partial charge on any atom is -0.444 e. The molecule has 0 spiro atoms. The molecular weight excluding hydrogens is 390 g/mol. The fourth-order valence-corrected chi connectivity index (χ4v) is 4.74. The Morgan fingerprint density at radius 3 is 2.58 bits per heavy atom. The van der Waals surface area contributed by atoms with Crippen molar-refractivity contribution in [3.63, 3.8) is 0 Å². The van der Waals surface area contributed by atoms with Gasteiger partial charge in [0.15, 0.2) is 0 Å². The molecule has 31 heavy (non-hydrogen) atoms. The molecule has 6 heteroatoms. The summed E-state index contributed by atoms with van der Waals surface area (Å²) in [5.41, 5.74) is 2.23. The number of aryl methyl sites for hydroxylation is 1. The van der Waals surface area contributed by atoms with Gasteiger partial charge in [0.2, 0.25) is 5.91 Å². The summed E-state index contributed by atoms with van der Waals surface area (Å²) >= 11 is 0. The Hall–Kier alpha value is -2.55. The van der Waals surface area contributed by atoms with Gasteiger partial charge in [-0.15, -0.1) is 0 Å². The van der Waals surface area contributed by atoms with Crippen molar-refractivity contribution in [2.24, 2.45) is 5.92 Å². The highest BCUT2D eigenvalue weighted by molar-refractivity contribution is 5.86. The highest BCUT2D eigenvalue weighted by Crippen LogP contribution is 2.31. The number of nitrogens with zero attached hydrogens (tertiary/aromatic N) is 1. The van der Waals surface area contributed by atoms with Crippen LogP contribution in [0.1, 0.15) is 94.9 Å². The predicted molar refractivity (Wildman–Crippen MR) is 119 cm³/mol. The van der Waals surface area contributed by atoms with Crippen molar-refractivity contribution in [1.29, 1.82) is 5.26 Å². The van der Waals surface area contributed by atoms with Crippen LogP contribution in [0.2, 0.25) is 0 Å². The fourth-order valence-electron chi connectivity index (χ4n) is 4.74. The third kappa shape index (κ3) is 6.72. The quantitative estimate of drug-likeness (QED) is 0.701. The molecular formula is C25H35N3O3. The molecule has 0 heterocycles. The molecule has 2 N–H and O–H groups in total. The van der Waals surface area contributed by atoms with Gasteiger partial charge >= 0.3 is 6.09 Å². The summed E-state index contributed by atoms with van der Waals surface area (Å²) in [6, 6.07) is 7.16. The molecule has 0 aromatic heterocycles. The Kier molecular flexibility index (Phi) is 7.59. The van der Waals surface area contributed by atoms with Crippen molar-refractivity contribution >= 4 is 12.0 Å². The molecule has 2 aliphatic rings. The third-order valence-electron chi connectivity index (χ3n) is 6.20. The van der Waals surface area contributed by atoms with Gasteiger partial charge in [0.25, 0.3) is 0 Å². The van der Waals surface area contributed by atoms with E-state index in [0.29, 0.717) is 17.9 Å². The predicted octanol–water partition coefficient (Wildman–Crippen LogP) is 4.92. The van der Waals surface area contributed by atoms with E-state index in [9.17, 15) is 14.9 Å². The van der Waals surface area contributed by atoms with Gasteiger partial charge in [-0.25, -0.2) is 4.79 Å². The van der Waals surface area contributed by atoms with Crippen LogP contribution < -0.4 is 10.6 Å². The zero-order chi connectivity index (χ0) is 22.4. The first-order chi connectivity index (χ1) is 14.7. The second kappa shape index (κ2) is 10.2. The maximum atomic E-state index is 13.3. The van der Waals surface area contributed by atoms with Crippen LogP contribution >= 0.6 is 0 Å². The molecule has 0 radical (unpaired) electrons. The number of nitriles is 1. The Bertz CT molecular complexity index is 831. The van der Waals surface area contributed by atoms with E-state index in [1.165, 1.54) is 19.3 Å². The molecule has 0 bridgehead atoms. The minimum absolute atomic E-state index is 0.0988. The van der Waals surface area contributed by atoms with E-state index in [1.54, 1.807) is 0 Å². The number of carbonyl (C=O) groups excluding carboxylic acids is 2. The number of amides is 2. The first-order valence-electron chi connectivity index (χ1n) is 11.6. The van der Waals surface area contributed by atoms with Crippen molar-refractivity contribution < 1.29 is 14.3 Å². The molecule has 0 saturated heterocycles. The molecule has 6 nitrogen and oxygen atoms in total. The van der Waals surface area contributed by atoms with Gasteiger partial charge < -0.3 is 15.4 Å². The van der Waals surface area contributed by atoms with E-state index < -0.39 is 17.7 Å². The third-order valence-corrected chi connectivity index (χ3v) is 6.20. The van der Waals surface area contributed by atoms with Crippen molar-refractivity contribution in [2.45, 2.75) is 96.2 Å². The SMILES string of the molecule is CC(C)(C)OC(=O)NC(CC1CCCCC1)C(=O)NC1CCCc2cc(C#N)ccc21. The van der Waals surface area contributed by atoms with Crippen LogP contribution in [0, 0.1) is 17.2 Å². The van der Waals surface area contributed by atoms with Crippen LogP contribution in [0.4, 0.5) is 4.79 Å². The summed E-state index contributed by atoms with van der Waals surface area (Å²) in [4.78, 5) is 25.7. The second-order valence-corrected chi connectivity index (χ2v) is 9.92. The summed E-state index contributed by atoms with van der Waals surface area (Å²) in [5, 5.41) is 15.2. The van der Waals surface area contributed by atoms with E-state index in [4.69, 9.17) is 4.74 Å². The van der Waals surface area contributed by atoms with Gasteiger partial charge in [0.1, 0.15) is 11.6 Å². The maximum absolute atomic E-state index is 13.3. The maximum Gasteiger partial charge on any atom is 0.408 e. The first kappa shape index (κ1) is 23.1. The molecule has 1 aromatic rings. The fraction of sp³-hybridized carbons (Fsp3) is 0.640. The Morgan fingerprint density at radius 1 is 1.16 bits per heavy atom. The number of hydrogen-bond acceptors (Lipinski definition) is 4. The Balaban J connectivity index is 1.72. The second-order valence-electron chi connectivity index (χ2n) is 9.92. The van der Waals surface area contributed by atoms with E-state index in [1.807, 2.05) is 39.0 Å². The number of fused-ring (bicyclic) bond motifs is 1. The lowest BCUT2D eigenvalue weighted by molar-refractivity contribution is -0.124. The molecule has 2 amide bonds. The van der Waals surface area contributed by atoms with Gasteiger partial charge in [-0.2, -0.15) is 5.26 Å². The van der Waals surface area contributed by atoms with Crippen molar-refractivity contribution in [2.75, 3.05) is 0 Å². The summed E-state index contributed by atoms with van der Waals surface area (Å²) in [5.74, 6) is 0.287. The number of nitrogens with one attached hydrogen (secondary N) is 2. The number of hydrogen-bond donors (Lipinski definition) is 2. The highest BCUT2D eigenvalue weighted by Gasteiger charge is 2.30. The van der Waals surface area contributed by atoms with Crippen molar-refractivity contribution in [3.8, 4) is 6.07 Å². The topological polar surface area (TPSA) is 91.2 Å². The van der Waals surface area contributed by atoms with E-state index >= 15 is 0 Å². The standard InChI is InChI=1S/C25H35N3O3/c1-25(2,3)31-24(30)28-22(15-17-8-5-4-6-9-17)23(29)27-21-11-7-10-19-14-18(16-26)12-13-20(19)21/h12-14,17,21-22H,4-11,15H2,1-3H3,(H,27,29)(H,28,30). The van der Waals surface area contributed by atoms with Crippen LogP contribution in [0.5, 0.6) is 0 Å². The van der Waals surface area contributed by atoms with E-state index in [-0.39, 0.29) is 11.9 Å². The van der Waals surface area contributed by atoms with Gasteiger partial charge in [0.05, 0.1) is 17.7 Å². The smallest absolute Gasteiger partial charge is 0.408 e. The zero-order valence-corrected chi connectivity index (χ0v) is 19.0. The van der Waals surface area contributed by atoms with E-state index in [2.05, 4.69) is 16.7 Å². The van der Waals surface area contributed by atoms with Crippen LogP contribution in [-0.2, 0) is 16.0 Å². The van der Waals surface area contributed by atoms with Crippen LogP contribution in [0.15, 0.2) is 18.2 Å². The van der Waals surface area contributed by atoms with Crippen LogP contribution in [-0.4, -0.2) is 23.6 Å². The number of benzene rings is 1. The summed E-state index contributed by atoms with van der Waals surface area (Å²) in [6.07, 6.45) is 8.63. The summed E-state index contributed by atoms with van der Waals surface area (Å²) < 4.78 is 5.42. The average Bonchev–Trinajstić information content (AvgIpc) is 2.72. The molecule has 2 unspecified atom stereocenters. The lowest BCUT2D eigenvalue weighted by atomic mass is 9.84. The van der Waals surface area contributed by atoms with Crippen LogP contribution in [0.25, 0.3) is 0 Å². The highest BCUT2D eigenvalue weighted by atomic mass is 16.6. The van der Waals surface area contributed by atoms with Gasteiger partial charge in [0, 0.05) is 0 Å². The van der Waals surface area contributed by atoms with Gasteiger partial charge in [-0.3, -0.25) is 4.79 Å². The number of rotatable bonds is 5. The number of carbonyl (C=O) groups is 2. The molecule has 168 valence electrons. The lowest BCUT2D eigenvalue weighted by Gasteiger charge is -2.31. The Labute approximate surface area is 185 Å². The molecule has 3 rings (SSSR count). The lowest BCUT2D eigenvalue weighted by Crippen LogP contribution is -2.50. The zero-order valence-electron chi connectivity index (χ0n) is 19.0. The Morgan fingerprint density at radius 2 is 1.90 bits per heavy atom. The van der Waals surface area contributed by atoms with Crippen LogP contribution in [0.3, 0.4) is 0 Å². The molecule has 1 fully saturated rings. The molecule has 1 aromatic carbocycles. The average molecular weight is 426 g/mol. The summed E-state index contributed by atoms with van der Waals surface area (Å²) in [6.45, 7) is 5.45. The molecule has 0 aliphatic heterocycles. The first-order valence-corrected chi connectivity index (χ1v) is 11.6. The van der Waals surface area contributed by atoms with Gasteiger partial charge in [-0.1, -0.05) is 38.2 Å². The van der Waals surface area contributed by atoms with Gasteiger partial charge in [-0.05, 0) is 75.6 Å². The minimum atomic E-state index is -0.614. The normalized spacial score (nSPS) is 20.1. The van der Waals surface area contributed by atoms with Crippen molar-refractivity contribution in [1.82, 2.24) is 10.6 Å². The molecule has 1 saturated carbocycles. The number of alkyl carbamates (subject to hydrolysis) is 1. The van der Waals surface area contributed by atoms with Crippen molar-refractivity contribution in [3.05, 3.63) is 34.9 Å². The monoisotopic (exact) mass is 425 g/mol. The molecule has 2 atom stereocenters. The largest absolute Gasteiger partial charge is 0.444 e. The molecule has 2 aliphatic carbocycles.